The normalized spacial score (nSPS) is 11.0. The van der Waals surface area contributed by atoms with E-state index < -0.39 is 0 Å². The van der Waals surface area contributed by atoms with Gasteiger partial charge in [0.05, 0.1) is 11.4 Å². The standard InChI is InChI=1S/C25H20FN3O/c26-22-14-11-20(12-15-22)25-21(18-29(28-25)23-9-5-2-6-10-23)13-16-24(30)27-17-19-7-3-1-4-8-19/h1-16,18H,17H2,(H,27,30)/b16-13-. The summed E-state index contributed by atoms with van der Waals surface area (Å²) in [4.78, 5) is 12.3. The summed E-state index contributed by atoms with van der Waals surface area (Å²) in [6, 6.07) is 25.6. The molecule has 148 valence electrons. The van der Waals surface area contributed by atoms with E-state index in [0.29, 0.717) is 12.2 Å². The number of carbonyl (C=O) groups is 1. The Morgan fingerprint density at radius 2 is 1.60 bits per heavy atom. The highest BCUT2D eigenvalue weighted by atomic mass is 19.1. The van der Waals surface area contributed by atoms with Gasteiger partial charge in [-0.1, -0.05) is 48.5 Å². The van der Waals surface area contributed by atoms with Crippen molar-refractivity contribution in [2.24, 2.45) is 0 Å². The average molecular weight is 397 g/mol. The van der Waals surface area contributed by atoms with Crippen LogP contribution < -0.4 is 5.32 Å². The molecule has 0 atom stereocenters. The molecule has 1 amide bonds. The van der Waals surface area contributed by atoms with Gasteiger partial charge in [0.25, 0.3) is 0 Å². The minimum Gasteiger partial charge on any atom is -0.348 e. The fraction of sp³-hybridized carbons (Fsp3) is 0.0400. The molecule has 0 saturated heterocycles. The predicted octanol–water partition coefficient (Wildman–Crippen LogP) is 5.01. The lowest BCUT2D eigenvalue weighted by atomic mass is 10.1. The van der Waals surface area contributed by atoms with Crippen LogP contribution in [0.15, 0.2) is 97.2 Å². The van der Waals surface area contributed by atoms with E-state index in [4.69, 9.17) is 0 Å². The number of rotatable bonds is 6. The third kappa shape index (κ3) is 4.70. The molecule has 3 aromatic carbocycles. The number of nitrogens with one attached hydrogen (secondary N) is 1. The van der Waals surface area contributed by atoms with Crippen LogP contribution in [0.1, 0.15) is 11.1 Å². The predicted molar refractivity (Wildman–Crippen MR) is 116 cm³/mol. The molecule has 30 heavy (non-hydrogen) atoms. The van der Waals surface area contributed by atoms with Crippen LogP contribution in [0.4, 0.5) is 4.39 Å². The lowest BCUT2D eigenvalue weighted by molar-refractivity contribution is -0.116. The summed E-state index contributed by atoms with van der Waals surface area (Å²) in [5.41, 5.74) is 4.14. The Hall–Kier alpha value is -3.99. The zero-order valence-corrected chi connectivity index (χ0v) is 16.2. The van der Waals surface area contributed by atoms with Crippen LogP contribution in [0, 0.1) is 5.82 Å². The molecule has 0 unspecified atom stereocenters. The second-order valence-corrected chi connectivity index (χ2v) is 6.76. The van der Waals surface area contributed by atoms with Gasteiger partial charge in [0, 0.05) is 29.9 Å². The van der Waals surface area contributed by atoms with E-state index in [0.717, 1.165) is 22.4 Å². The van der Waals surface area contributed by atoms with Gasteiger partial charge >= 0.3 is 0 Å². The van der Waals surface area contributed by atoms with E-state index in [2.05, 4.69) is 10.4 Å². The van der Waals surface area contributed by atoms with Gasteiger partial charge in [0.2, 0.25) is 5.91 Å². The summed E-state index contributed by atoms with van der Waals surface area (Å²) >= 11 is 0. The molecule has 5 heteroatoms. The number of para-hydroxylation sites is 1. The van der Waals surface area contributed by atoms with Crippen LogP contribution in [-0.2, 0) is 11.3 Å². The fourth-order valence-electron chi connectivity index (χ4n) is 3.06. The Labute approximate surface area is 174 Å². The summed E-state index contributed by atoms with van der Waals surface area (Å²) in [7, 11) is 0. The maximum Gasteiger partial charge on any atom is 0.244 e. The molecule has 0 spiro atoms. The van der Waals surface area contributed by atoms with Crippen LogP contribution in [0.3, 0.4) is 0 Å². The zero-order chi connectivity index (χ0) is 20.8. The summed E-state index contributed by atoms with van der Waals surface area (Å²) in [6.07, 6.45) is 5.07. The van der Waals surface area contributed by atoms with Gasteiger partial charge in [-0.3, -0.25) is 4.79 Å². The first-order valence-electron chi connectivity index (χ1n) is 9.60. The molecule has 1 N–H and O–H groups in total. The number of amides is 1. The van der Waals surface area contributed by atoms with E-state index in [1.807, 2.05) is 66.9 Å². The third-order valence-electron chi connectivity index (χ3n) is 4.60. The van der Waals surface area contributed by atoms with E-state index in [9.17, 15) is 9.18 Å². The summed E-state index contributed by atoms with van der Waals surface area (Å²) in [6.45, 7) is 0.456. The zero-order valence-electron chi connectivity index (χ0n) is 16.2. The van der Waals surface area contributed by atoms with Gasteiger partial charge in [0.15, 0.2) is 0 Å². The van der Waals surface area contributed by atoms with Gasteiger partial charge in [-0.2, -0.15) is 5.10 Å². The van der Waals surface area contributed by atoms with Crippen molar-refractivity contribution in [2.45, 2.75) is 6.54 Å². The number of hydrogen-bond donors (Lipinski definition) is 1. The molecule has 0 saturated carbocycles. The summed E-state index contributed by atoms with van der Waals surface area (Å²) < 4.78 is 15.1. The highest BCUT2D eigenvalue weighted by Crippen LogP contribution is 2.25. The number of aromatic nitrogens is 2. The van der Waals surface area contributed by atoms with E-state index in [1.54, 1.807) is 22.9 Å². The molecule has 1 aromatic heterocycles. The lowest BCUT2D eigenvalue weighted by Gasteiger charge is -2.02. The van der Waals surface area contributed by atoms with Crippen molar-refractivity contribution in [3.05, 3.63) is 114 Å². The lowest BCUT2D eigenvalue weighted by Crippen LogP contribution is -2.20. The monoisotopic (exact) mass is 397 g/mol. The van der Waals surface area contributed by atoms with E-state index in [1.165, 1.54) is 18.2 Å². The van der Waals surface area contributed by atoms with E-state index in [-0.39, 0.29) is 11.7 Å². The van der Waals surface area contributed by atoms with Crippen LogP contribution in [-0.4, -0.2) is 15.7 Å². The molecule has 1 heterocycles. The second-order valence-electron chi connectivity index (χ2n) is 6.76. The molecular formula is C25H20FN3O. The molecular weight excluding hydrogens is 377 g/mol. The summed E-state index contributed by atoms with van der Waals surface area (Å²) in [5, 5.41) is 7.53. The fourth-order valence-corrected chi connectivity index (χ4v) is 3.06. The maximum atomic E-state index is 13.4. The molecule has 0 fully saturated rings. The number of hydrogen-bond acceptors (Lipinski definition) is 2. The second kappa shape index (κ2) is 9.01. The maximum absolute atomic E-state index is 13.4. The molecule has 0 aliphatic heterocycles. The Kier molecular flexibility index (Phi) is 5.80. The van der Waals surface area contributed by atoms with E-state index >= 15 is 0 Å². The van der Waals surface area contributed by atoms with Crippen molar-refractivity contribution < 1.29 is 9.18 Å². The number of carbonyl (C=O) groups excluding carboxylic acids is 1. The van der Waals surface area contributed by atoms with Crippen LogP contribution >= 0.6 is 0 Å². The first-order valence-corrected chi connectivity index (χ1v) is 9.60. The number of nitrogens with zero attached hydrogens (tertiary/aromatic N) is 2. The third-order valence-corrected chi connectivity index (χ3v) is 4.60. The van der Waals surface area contributed by atoms with Crippen molar-refractivity contribution in [1.82, 2.24) is 15.1 Å². The average Bonchev–Trinajstić information content (AvgIpc) is 3.22. The Morgan fingerprint density at radius 1 is 0.933 bits per heavy atom. The first-order chi connectivity index (χ1) is 14.7. The molecule has 4 nitrogen and oxygen atoms in total. The summed E-state index contributed by atoms with van der Waals surface area (Å²) in [5.74, 6) is -0.505. The topological polar surface area (TPSA) is 46.9 Å². The van der Waals surface area contributed by atoms with Gasteiger partial charge in [-0.15, -0.1) is 0 Å². The molecule has 0 bridgehead atoms. The quantitative estimate of drug-likeness (QED) is 0.465. The van der Waals surface area contributed by atoms with Crippen LogP contribution in [0.2, 0.25) is 0 Å². The van der Waals surface area contributed by atoms with Crippen molar-refractivity contribution in [2.75, 3.05) is 0 Å². The molecule has 4 rings (SSSR count). The highest BCUT2D eigenvalue weighted by Gasteiger charge is 2.11. The Morgan fingerprint density at radius 3 is 2.30 bits per heavy atom. The SMILES string of the molecule is O=C(/C=C\c1cn(-c2ccccc2)nc1-c1ccc(F)cc1)NCc1ccccc1. The molecule has 0 aliphatic rings. The largest absolute Gasteiger partial charge is 0.348 e. The Balaban J connectivity index is 1.59. The van der Waals surface area contributed by atoms with Crippen molar-refractivity contribution in [3.8, 4) is 16.9 Å². The van der Waals surface area contributed by atoms with Crippen LogP contribution in [0.25, 0.3) is 23.0 Å². The smallest absolute Gasteiger partial charge is 0.244 e. The number of halogens is 1. The minimum absolute atomic E-state index is 0.198. The van der Waals surface area contributed by atoms with Gasteiger partial charge in [-0.25, -0.2) is 9.07 Å². The van der Waals surface area contributed by atoms with Crippen molar-refractivity contribution in [3.63, 3.8) is 0 Å². The van der Waals surface area contributed by atoms with Gasteiger partial charge < -0.3 is 5.32 Å². The Bertz CT molecular complexity index is 1150. The highest BCUT2D eigenvalue weighted by molar-refractivity contribution is 5.92. The van der Waals surface area contributed by atoms with Gasteiger partial charge in [0.1, 0.15) is 5.82 Å². The van der Waals surface area contributed by atoms with Crippen molar-refractivity contribution >= 4 is 12.0 Å². The first kappa shape index (κ1) is 19.3. The minimum atomic E-state index is -0.307. The van der Waals surface area contributed by atoms with Gasteiger partial charge in [-0.05, 0) is 48.0 Å². The number of benzene rings is 3. The molecule has 4 aromatic rings. The molecule has 0 radical (unpaired) electrons. The molecule has 0 aliphatic carbocycles. The van der Waals surface area contributed by atoms with Crippen LogP contribution in [0.5, 0.6) is 0 Å². The van der Waals surface area contributed by atoms with Crippen molar-refractivity contribution in [1.29, 1.82) is 0 Å².